The van der Waals surface area contributed by atoms with Crippen LogP contribution in [0.15, 0.2) is 36.4 Å². The highest BCUT2D eigenvalue weighted by Crippen LogP contribution is 2.45. The Bertz CT molecular complexity index is 821. The summed E-state index contributed by atoms with van der Waals surface area (Å²) in [6.07, 6.45) is 0. The summed E-state index contributed by atoms with van der Waals surface area (Å²) in [5.41, 5.74) is 7.24. The van der Waals surface area contributed by atoms with E-state index in [1.54, 1.807) is 0 Å². The van der Waals surface area contributed by atoms with Gasteiger partial charge in [-0.2, -0.15) is 0 Å². The van der Waals surface area contributed by atoms with Crippen LogP contribution in [0.2, 0.25) is 0 Å². The molecule has 2 heterocycles. The van der Waals surface area contributed by atoms with Crippen LogP contribution in [-0.2, 0) is 6.61 Å². The first-order valence-corrected chi connectivity index (χ1v) is 9.92. The number of rotatable bonds is 4. The zero-order valence-electron chi connectivity index (χ0n) is 16.4. The predicted molar refractivity (Wildman–Crippen MR) is 109 cm³/mol. The van der Waals surface area contributed by atoms with Crippen molar-refractivity contribution in [2.45, 2.75) is 39.5 Å². The molecule has 0 bridgehead atoms. The van der Waals surface area contributed by atoms with Gasteiger partial charge in [0.2, 0.25) is 0 Å². The van der Waals surface area contributed by atoms with E-state index in [1.807, 2.05) is 0 Å². The van der Waals surface area contributed by atoms with Crippen LogP contribution in [0.3, 0.4) is 0 Å². The van der Waals surface area contributed by atoms with Crippen molar-refractivity contribution in [1.29, 1.82) is 0 Å². The Kier molecular flexibility index (Phi) is 4.97. The molecule has 2 aliphatic rings. The molecule has 0 saturated carbocycles. The van der Waals surface area contributed by atoms with E-state index in [-0.39, 0.29) is 25.3 Å². The average Bonchev–Trinajstić information content (AvgIpc) is 3.23. The van der Waals surface area contributed by atoms with E-state index in [1.165, 1.54) is 22.4 Å². The van der Waals surface area contributed by atoms with Crippen molar-refractivity contribution in [2.24, 2.45) is 11.8 Å². The Balaban J connectivity index is 1.71. The highest BCUT2D eigenvalue weighted by atomic mass is 16.3. The molecule has 0 radical (unpaired) electrons. The van der Waals surface area contributed by atoms with Gasteiger partial charge in [-0.25, -0.2) is 0 Å². The van der Waals surface area contributed by atoms with Crippen LogP contribution < -0.4 is 10.2 Å². The zero-order chi connectivity index (χ0) is 19.1. The summed E-state index contributed by atoms with van der Waals surface area (Å²) >= 11 is 0. The Hall–Kier alpha value is -1.88. The molecule has 4 rings (SSSR count). The van der Waals surface area contributed by atoms with Crippen molar-refractivity contribution in [3.63, 3.8) is 0 Å². The van der Waals surface area contributed by atoms with E-state index in [0.29, 0.717) is 11.8 Å². The van der Waals surface area contributed by atoms with E-state index < -0.39 is 0 Å². The molecule has 2 aliphatic heterocycles. The van der Waals surface area contributed by atoms with E-state index in [0.717, 1.165) is 24.2 Å². The molecule has 4 atom stereocenters. The first-order valence-electron chi connectivity index (χ1n) is 9.92. The van der Waals surface area contributed by atoms with Gasteiger partial charge in [0.15, 0.2) is 0 Å². The quantitative estimate of drug-likeness (QED) is 0.779. The summed E-state index contributed by atoms with van der Waals surface area (Å²) in [7, 11) is 0. The highest BCUT2D eigenvalue weighted by molar-refractivity contribution is 5.50. The molecule has 4 nitrogen and oxygen atoms in total. The van der Waals surface area contributed by atoms with E-state index in [9.17, 15) is 10.2 Å². The maximum Gasteiger partial charge on any atom is 0.0687 e. The van der Waals surface area contributed by atoms with Crippen molar-refractivity contribution in [3.05, 3.63) is 64.2 Å². The normalized spacial score (nSPS) is 27.2. The van der Waals surface area contributed by atoms with Gasteiger partial charge < -0.3 is 20.4 Å². The van der Waals surface area contributed by atoms with Gasteiger partial charge in [-0.15, -0.1) is 0 Å². The van der Waals surface area contributed by atoms with Crippen LogP contribution in [0.5, 0.6) is 0 Å². The van der Waals surface area contributed by atoms with Gasteiger partial charge in [0.05, 0.1) is 13.2 Å². The van der Waals surface area contributed by atoms with Gasteiger partial charge in [-0.3, -0.25) is 0 Å². The summed E-state index contributed by atoms with van der Waals surface area (Å²) in [4.78, 5) is 2.46. The molecule has 2 saturated heterocycles. The largest absolute Gasteiger partial charge is 0.395 e. The molecule has 0 aromatic heterocycles. The summed E-state index contributed by atoms with van der Waals surface area (Å²) in [5.74, 6) is 0.881. The minimum atomic E-state index is 0.0747. The molecule has 0 unspecified atom stereocenters. The number of fused-ring (bicyclic) bond motifs is 1. The monoisotopic (exact) mass is 366 g/mol. The Morgan fingerprint density at radius 1 is 1.00 bits per heavy atom. The lowest BCUT2D eigenvalue weighted by molar-refractivity contribution is 0.227. The fourth-order valence-electron chi connectivity index (χ4n) is 5.41. The molecule has 4 heteroatoms. The fraction of sp³-hybridized carbons (Fsp3) is 0.478. The van der Waals surface area contributed by atoms with Crippen LogP contribution in [-0.4, -0.2) is 36.0 Å². The van der Waals surface area contributed by atoms with Crippen molar-refractivity contribution >= 4 is 5.69 Å². The first kappa shape index (κ1) is 18.5. The van der Waals surface area contributed by atoms with E-state index in [2.05, 4.69) is 67.4 Å². The molecule has 144 valence electrons. The molecule has 0 amide bonds. The van der Waals surface area contributed by atoms with Gasteiger partial charge in [0, 0.05) is 42.7 Å². The third-order valence-corrected chi connectivity index (χ3v) is 6.73. The summed E-state index contributed by atoms with van der Waals surface area (Å²) in [6.45, 7) is 8.58. The van der Waals surface area contributed by atoms with Crippen LogP contribution in [0.1, 0.15) is 33.9 Å². The number of nitrogens with one attached hydrogen (secondary N) is 1. The number of hydrogen-bond donors (Lipinski definition) is 3. The van der Waals surface area contributed by atoms with Crippen molar-refractivity contribution in [2.75, 3.05) is 24.6 Å². The number of hydrogen-bond acceptors (Lipinski definition) is 4. The minimum absolute atomic E-state index is 0.0747. The summed E-state index contributed by atoms with van der Waals surface area (Å²) < 4.78 is 0. The molecular formula is C23H30N2O2. The van der Waals surface area contributed by atoms with E-state index in [4.69, 9.17) is 0 Å². The molecule has 0 spiro atoms. The Morgan fingerprint density at radius 2 is 1.70 bits per heavy atom. The molecule has 2 aromatic rings. The van der Waals surface area contributed by atoms with Crippen LogP contribution in [0.25, 0.3) is 0 Å². The number of anilines is 1. The molecule has 2 aromatic carbocycles. The summed E-state index contributed by atoms with van der Waals surface area (Å²) in [6, 6.07) is 13.1. The van der Waals surface area contributed by atoms with Crippen molar-refractivity contribution in [1.82, 2.24) is 5.32 Å². The third-order valence-electron chi connectivity index (χ3n) is 6.73. The van der Waals surface area contributed by atoms with Crippen molar-refractivity contribution < 1.29 is 10.2 Å². The topological polar surface area (TPSA) is 55.7 Å². The van der Waals surface area contributed by atoms with Crippen molar-refractivity contribution in [3.8, 4) is 0 Å². The average molecular weight is 367 g/mol. The maximum absolute atomic E-state index is 10.00. The van der Waals surface area contributed by atoms with Crippen LogP contribution in [0.4, 0.5) is 5.69 Å². The fourth-order valence-corrected chi connectivity index (χ4v) is 5.41. The lowest BCUT2D eigenvalue weighted by Gasteiger charge is -2.27. The smallest absolute Gasteiger partial charge is 0.0687 e. The number of benzene rings is 2. The molecular weight excluding hydrogens is 336 g/mol. The predicted octanol–water partition coefficient (Wildman–Crippen LogP) is 2.86. The number of aliphatic hydroxyl groups excluding tert-OH is 2. The number of nitrogens with zero attached hydrogens (tertiary/aromatic N) is 1. The molecule has 2 fully saturated rings. The number of aryl methyl sites for hydroxylation is 2. The Morgan fingerprint density at radius 3 is 2.37 bits per heavy atom. The second-order valence-electron chi connectivity index (χ2n) is 8.19. The van der Waals surface area contributed by atoms with Gasteiger partial charge in [0.1, 0.15) is 0 Å². The standard InChI is InChI=1S/C23H30N2O2/c1-14-9-15(2)22(16(3)20(14)12-26)23-19-11-25(17-7-5-4-6-8-17)10-18(19)21(13-27)24-23/h4-9,18-19,21,23-24,26-27H,10-13H2,1-3H3/t18-,19+,21-,23-/m0/s1. The second-order valence-corrected chi connectivity index (χ2v) is 8.19. The lowest BCUT2D eigenvalue weighted by atomic mass is 9.82. The second kappa shape index (κ2) is 7.27. The van der Waals surface area contributed by atoms with Gasteiger partial charge in [-0.1, -0.05) is 24.3 Å². The molecule has 27 heavy (non-hydrogen) atoms. The van der Waals surface area contributed by atoms with Gasteiger partial charge >= 0.3 is 0 Å². The van der Waals surface area contributed by atoms with E-state index >= 15 is 0 Å². The Labute approximate surface area is 161 Å². The van der Waals surface area contributed by atoms with Crippen LogP contribution >= 0.6 is 0 Å². The molecule has 0 aliphatic carbocycles. The SMILES string of the molecule is Cc1cc(C)c([C@H]2N[C@@H](CO)[C@H]3CN(c4ccccc4)C[C@H]32)c(C)c1CO. The third kappa shape index (κ3) is 3.06. The zero-order valence-corrected chi connectivity index (χ0v) is 16.4. The van der Waals surface area contributed by atoms with Crippen LogP contribution in [0, 0.1) is 32.6 Å². The van der Waals surface area contributed by atoms with Gasteiger partial charge in [0.25, 0.3) is 0 Å². The number of para-hydroxylation sites is 1. The lowest BCUT2D eigenvalue weighted by Crippen LogP contribution is -2.36. The highest BCUT2D eigenvalue weighted by Gasteiger charge is 2.49. The maximum atomic E-state index is 10.00. The molecule has 3 N–H and O–H groups in total. The number of aliphatic hydroxyl groups is 2. The summed E-state index contributed by atoms with van der Waals surface area (Å²) in [5, 5.41) is 23.6. The van der Waals surface area contributed by atoms with Gasteiger partial charge in [-0.05, 0) is 60.7 Å². The first-order chi connectivity index (χ1) is 13.0. The minimum Gasteiger partial charge on any atom is -0.395 e.